The summed E-state index contributed by atoms with van der Waals surface area (Å²) in [5.74, 6) is -0.0496. The predicted molar refractivity (Wildman–Crippen MR) is 83.1 cm³/mol. The molecule has 0 saturated heterocycles. The summed E-state index contributed by atoms with van der Waals surface area (Å²) in [4.78, 5) is 12.5. The van der Waals surface area contributed by atoms with Gasteiger partial charge in [-0.15, -0.1) is 0 Å². The summed E-state index contributed by atoms with van der Waals surface area (Å²) in [5.41, 5.74) is 0.709. The van der Waals surface area contributed by atoms with E-state index in [0.717, 1.165) is 10.8 Å². The number of benzene rings is 2. The van der Waals surface area contributed by atoms with Gasteiger partial charge in [0.15, 0.2) is 0 Å². The fraction of sp³-hybridized carbons (Fsp3) is 0.176. The second-order valence-corrected chi connectivity index (χ2v) is 5.13. The summed E-state index contributed by atoms with van der Waals surface area (Å²) in [6.45, 7) is 2.63. The van der Waals surface area contributed by atoms with Crippen molar-refractivity contribution in [1.82, 2.24) is 15.1 Å². The summed E-state index contributed by atoms with van der Waals surface area (Å²) in [6, 6.07) is 15.6. The van der Waals surface area contributed by atoms with Gasteiger partial charge in [-0.1, -0.05) is 36.4 Å². The first-order valence-corrected chi connectivity index (χ1v) is 7.00. The van der Waals surface area contributed by atoms with E-state index in [1.54, 1.807) is 6.20 Å². The van der Waals surface area contributed by atoms with Crippen LogP contribution in [0.3, 0.4) is 0 Å². The van der Waals surface area contributed by atoms with E-state index in [1.807, 2.05) is 66.3 Å². The van der Waals surface area contributed by atoms with Gasteiger partial charge in [0.05, 0.1) is 6.54 Å². The van der Waals surface area contributed by atoms with E-state index in [0.29, 0.717) is 12.1 Å². The average molecular weight is 279 g/mol. The summed E-state index contributed by atoms with van der Waals surface area (Å²) in [7, 11) is 0. The Balaban J connectivity index is 1.78. The minimum absolute atomic E-state index is 0.0105. The minimum atomic E-state index is -0.0496. The number of nitrogens with zero attached hydrogens (tertiary/aromatic N) is 2. The van der Waals surface area contributed by atoms with E-state index in [4.69, 9.17) is 0 Å². The van der Waals surface area contributed by atoms with Crippen LogP contribution < -0.4 is 5.32 Å². The van der Waals surface area contributed by atoms with Gasteiger partial charge in [-0.05, 0) is 29.8 Å². The number of nitrogens with one attached hydrogen (secondary N) is 1. The molecule has 1 atom stereocenters. The van der Waals surface area contributed by atoms with Crippen molar-refractivity contribution in [1.29, 1.82) is 0 Å². The molecule has 0 fully saturated rings. The average Bonchev–Trinajstić information content (AvgIpc) is 2.99. The highest BCUT2D eigenvalue weighted by atomic mass is 16.1. The molecule has 0 aliphatic carbocycles. The van der Waals surface area contributed by atoms with Gasteiger partial charge in [0.2, 0.25) is 0 Å². The fourth-order valence-electron chi connectivity index (χ4n) is 2.46. The van der Waals surface area contributed by atoms with Crippen LogP contribution in [0.25, 0.3) is 10.8 Å². The number of carbonyl (C=O) groups excluding carboxylic acids is 1. The molecule has 1 aromatic heterocycles. The van der Waals surface area contributed by atoms with Gasteiger partial charge in [-0.3, -0.25) is 9.48 Å². The van der Waals surface area contributed by atoms with E-state index < -0.39 is 0 Å². The van der Waals surface area contributed by atoms with E-state index >= 15 is 0 Å². The Hall–Kier alpha value is -2.62. The summed E-state index contributed by atoms with van der Waals surface area (Å²) in [6.07, 6.45) is 3.62. The zero-order valence-corrected chi connectivity index (χ0v) is 11.9. The van der Waals surface area contributed by atoms with Crippen LogP contribution in [-0.4, -0.2) is 21.7 Å². The van der Waals surface area contributed by atoms with Gasteiger partial charge in [0.25, 0.3) is 5.91 Å². The van der Waals surface area contributed by atoms with Crippen molar-refractivity contribution in [3.63, 3.8) is 0 Å². The Morgan fingerprint density at radius 1 is 1.19 bits per heavy atom. The molecular weight excluding hydrogens is 262 g/mol. The zero-order valence-electron chi connectivity index (χ0n) is 11.9. The second-order valence-electron chi connectivity index (χ2n) is 5.13. The maximum Gasteiger partial charge on any atom is 0.252 e. The van der Waals surface area contributed by atoms with Gasteiger partial charge < -0.3 is 5.32 Å². The molecule has 1 amide bonds. The molecule has 3 rings (SSSR count). The number of rotatable bonds is 4. The number of carbonyl (C=O) groups is 1. The van der Waals surface area contributed by atoms with Crippen LogP contribution in [0, 0.1) is 0 Å². The SMILES string of the molecule is C[C@@H](Cn1cccn1)NC(=O)c1cccc2ccccc12. The molecular formula is C17H17N3O. The minimum Gasteiger partial charge on any atom is -0.348 e. The van der Waals surface area contributed by atoms with Crippen LogP contribution in [-0.2, 0) is 6.54 Å². The third-order valence-corrected chi connectivity index (χ3v) is 3.43. The van der Waals surface area contributed by atoms with Crippen molar-refractivity contribution in [3.8, 4) is 0 Å². The van der Waals surface area contributed by atoms with Crippen molar-refractivity contribution in [2.75, 3.05) is 0 Å². The first kappa shape index (κ1) is 13.4. The monoisotopic (exact) mass is 279 g/mol. The van der Waals surface area contributed by atoms with Gasteiger partial charge in [0, 0.05) is 24.0 Å². The molecule has 0 bridgehead atoms. The van der Waals surface area contributed by atoms with Crippen molar-refractivity contribution < 1.29 is 4.79 Å². The summed E-state index contributed by atoms with van der Waals surface area (Å²) >= 11 is 0. The van der Waals surface area contributed by atoms with Crippen LogP contribution >= 0.6 is 0 Å². The number of fused-ring (bicyclic) bond motifs is 1. The Bertz CT molecular complexity index is 744. The van der Waals surface area contributed by atoms with Crippen molar-refractivity contribution in [2.45, 2.75) is 19.5 Å². The van der Waals surface area contributed by atoms with E-state index in [-0.39, 0.29) is 11.9 Å². The smallest absolute Gasteiger partial charge is 0.252 e. The Kier molecular flexibility index (Phi) is 3.69. The highest BCUT2D eigenvalue weighted by molar-refractivity contribution is 6.07. The van der Waals surface area contributed by atoms with E-state index in [1.165, 1.54) is 0 Å². The largest absolute Gasteiger partial charge is 0.348 e. The zero-order chi connectivity index (χ0) is 14.7. The number of hydrogen-bond donors (Lipinski definition) is 1. The topological polar surface area (TPSA) is 46.9 Å². The second kappa shape index (κ2) is 5.79. The fourth-order valence-corrected chi connectivity index (χ4v) is 2.46. The Labute approximate surface area is 123 Å². The van der Waals surface area contributed by atoms with Gasteiger partial charge in [0.1, 0.15) is 0 Å². The molecule has 0 saturated carbocycles. The molecule has 4 heteroatoms. The Morgan fingerprint density at radius 2 is 2.00 bits per heavy atom. The van der Waals surface area contributed by atoms with Crippen LogP contribution in [0.2, 0.25) is 0 Å². The lowest BCUT2D eigenvalue weighted by molar-refractivity contribution is 0.0937. The molecule has 0 aliphatic heterocycles. The highest BCUT2D eigenvalue weighted by Gasteiger charge is 2.12. The molecule has 3 aromatic rings. The quantitative estimate of drug-likeness (QED) is 0.798. The van der Waals surface area contributed by atoms with Crippen molar-refractivity contribution >= 4 is 16.7 Å². The molecule has 0 radical (unpaired) electrons. The van der Waals surface area contributed by atoms with Gasteiger partial charge in [-0.25, -0.2) is 0 Å². The molecule has 1 N–H and O–H groups in total. The van der Waals surface area contributed by atoms with Crippen LogP contribution in [0.1, 0.15) is 17.3 Å². The lowest BCUT2D eigenvalue weighted by Crippen LogP contribution is -2.35. The first-order chi connectivity index (χ1) is 10.2. The number of hydrogen-bond acceptors (Lipinski definition) is 2. The normalized spacial score (nSPS) is 12.2. The Morgan fingerprint density at radius 3 is 2.81 bits per heavy atom. The van der Waals surface area contributed by atoms with Crippen LogP contribution in [0.4, 0.5) is 0 Å². The lowest BCUT2D eigenvalue weighted by Gasteiger charge is -2.15. The highest BCUT2D eigenvalue weighted by Crippen LogP contribution is 2.18. The molecule has 106 valence electrons. The lowest BCUT2D eigenvalue weighted by atomic mass is 10.0. The number of aromatic nitrogens is 2. The van der Waals surface area contributed by atoms with E-state index in [2.05, 4.69) is 10.4 Å². The molecule has 21 heavy (non-hydrogen) atoms. The molecule has 2 aromatic carbocycles. The van der Waals surface area contributed by atoms with E-state index in [9.17, 15) is 4.79 Å². The summed E-state index contributed by atoms with van der Waals surface area (Å²) < 4.78 is 1.81. The predicted octanol–water partition coefficient (Wildman–Crippen LogP) is 2.85. The molecule has 0 unspecified atom stereocenters. The third-order valence-electron chi connectivity index (χ3n) is 3.43. The molecule has 0 spiro atoms. The number of amides is 1. The van der Waals surface area contributed by atoms with Gasteiger partial charge in [-0.2, -0.15) is 5.10 Å². The van der Waals surface area contributed by atoms with Crippen LogP contribution in [0.15, 0.2) is 60.9 Å². The van der Waals surface area contributed by atoms with Gasteiger partial charge >= 0.3 is 0 Å². The molecule has 1 heterocycles. The molecule has 0 aliphatic rings. The maximum atomic E-state index is 12.5. The van der Waals surface area contributed by atoms with Crippen LogP contribution in [0.5, 0.6) is 0 Å². The maximum absolute atomic E-state index is 12.5. The molecule has 4 nitrogen and oxygen atoms in total. The van der Waals surface area contributed by atoms with Crippen molar-refractivity contribution in [2.24, 2.45) is 0 Å². The third kappa shape index (κ3) is 2.94. The standard InChI is InChI=1S/C17H17N3O/c1-13(12-20-11-5-10-18-20)19-17(21)16-9-4-7-14-6-2-3-8-15(14)16/h2-11,13H,12H2,1H3,(H,19,21)/t13-/m0/s1. The first-order valence-electron chi connectivity index (χ1n) is 7.00. The van der Waals surface area contributed by atoms with Crippen molar-refractivity contribution in [3.05, 3.63) is 66.5 Å². The summed E-state index contributed by atoms with van der Waals surface area (Å²) in [5, 5.41) is 9.23.